The van der Waals surface area contributed by atoms with Crippen LogP contribution < -0.4 is 5.73 Å². The maximum absolute atomic E-state index is 10.3. The molecular formula is C4H5NO3. The molecule has 0 saturated carbocycles. The topological polar surface area (TPSA) is 69.4 Å². The molecule has 4 heteroatoms. The van der Waals surface area contributed by atoms with Crippen molar-refractivity contribution in [3.05, 3.63) is 0 Å². The number of carbonyl (C=O) groups excluding carboxylic acids is 2. The lowest BCUT2D eigenvalue weighted by Gasteiger charge is -1.88. The van der Waals surface area contributed by atoms with E-state index in [0.29, 0.717) is 0 Å². The molecule has 0 spiro atoms. The van der Waals surface area contributed by atoms with Gasteiger partial charge in [-0.25, -0.2) is 4.79 Å². The highest BCUT2D eigenvalue weighted by atomic mass is 16.5. The highest BCUT2D eigenvalue weighted by Gasteiger charge is 2.30. The lowest BCUT2D eigenvalue weighted by Crippen LogP contribution is -2.32. The third-order valence-electron chi connectivity index (χ3n) is 0.958. The van der Waals surface area contributed by atoms with E-state index < -0.39 is 12.0 Å². The molecule has 1 atom stereocenters. The Balaban J connectivity index is 2.70. The maximum Gasteiger partial charge on any atom is 0.331 e. The van der Waals surface area contributed by atoms with Crippen LogP contribution in [0.2, 0.25) is 0 Å². The molecule has 1 saturated heterocycles. The fourth-order valence-electron chi connectivity index (χ4n) is 0.453. The first-order valence-corrected chi connectivity index (χ1v) is 2.17. The first-order valence-electron chi connectivity index (χ1n) is 2.17. The van der Waals surface area contributed by atoms with Crippen LogP contribution >= 0.6 is 0 Å². The van der Waals surface area contributed by atoms with Crippen LogP contribution in [-0.2, 0) is 14.3 Å². The quantitative estimate of drug-likeness (QED) is 0.306. The highest BCUT2D eigenvalue weighted by molar-refractivity contribution is 6.08. The number of rotatable bonds is 0. The molecule has 0 radical (unpaired) electrons. The summed E-state index contributed by atoms with van der Waals surface area (Å²) in [5.74, 6) is -0.954. The van der Waals surface area contributed by atoms with Gasteiger partial charge in [-0.3, -0.25) is 4.79 Å². The zero-order valence-corrected chi connectivity index (χ0v) is 4.09. The molecule has 1 unspecified atom stereocenters. The number of esters is 1. The Bertz CT molecular complexity index is 126. The van der Waals surface area contributed by atoms with Gasteiger partial charge in [0, 0.05) is 0 Å². The first-order chi connectivity index (χ1) is 3.72. The van der Waals surface area contributed by atoms with Crippen molar-refractivity contribution in [1.82, 2.24) is 0 Å². The van der Waals surface area contributed by atoms with Gasteiger partial charge in [0.1, 0.15) is 0 Å². The highest BCUT2D eigenvalue weighted by Crippen LogP contribution is 1.97. The van der Waals surface area contributed by atoms with Gasteiger partial charge in [0.25, 0.3) is 0 Å². The van der Waals surface area contributed by atoms with Gasteiger partial charge in [-0.1, -0.05) is 0 Å². The minimum Gasteiger partial charge on any atom is -0.456 e. The monoisotopic (exact) mass is 115 g/mol. The molecule has 1 aliphatic heterocycles. The zero-order chi connectivity index (χ0) is 6.15. The Morgan fingerprint density at radius 3 is 2.38 bits per heavy atom. The smallest absolute Gasteiger partial charge is 0.331 e. The first kappa shape index (κ1) is 5.24. The van der Waals surface area contributed by atoms with E-state index in [1.165, 1.54) is 0 Å². The van der Waals surface area contributed by atoms with Crippen molar-refractivity contribution in [1.29, 1.82) is 0 Å². The maximum atomic E-state index is 10.3. The Kier molecular flexibility index (Phi) is 1.02. The predicted molar refractivity (Wildman–Crippen MR) is 23.9 cm³/mol. The number of carbonyl (C=O) groups is 2. The van der Waals surface area contributed by atoms with Gasteiger partial charge in [0.2, 0.25) is 0 Å². The predicted octanol–water partition coefficient (Wildman–Crippen LogP) is -1.56. The number of ketones is 1. The summed E-state index contributed by atoms with van der Waals surface area (Å²) in [6.45, 7) is -0.153. The van der Waals surface area contributed by atoms with E-state index in [2.05, 4.69) is 4.74 Å². The van der Waals surface area contributed by atoms with Gasteiger partial charge in [0.15, 0.2) is 18.4 Å². The van der Waals surface area contributed by atoms with Crippen LogP contribution in [0, 0.1) is 0 Å². The molecule has 0 amide bonds. The van der Waals surface area contributed by atoms with Crippen molar-refractivity contribution in [2.45, 2.75) is 6.04 Å². The van der Waals surface area contributed by atoms with Crippen LogP contribution in [0.5, 0.6) is 0 Å². The zero-order valence-electron chi connectivity index (χ0n) is 4.09. The second-order valence-corrected chi connectivity index (χ2v) is 1.55. The minimum atomic E-state index is -1.02. The van der Waals surface area contributed by atoms with Crippen molar-refractivity contribution < 1.29 is 14.3 Å². The van der Waals surface area contributed by atoms with Crippen molar-refractivity contribution >= 4 is 11.8 Å². The summed E-state index contributed by atoms with van der Waals surface area (Å²) in [6, 6.07) is -1.02. The number of nitrogens with two attached hydrogens (primary N) is 1. The second-order valence-electron chi connectivity index (χ2n) is 1.55. The normalized spacial score (nSPS) is 28.4. The molecule has 0 aromatic carbocycles. The molecule has 1 fully saturated rings. The minimum absolute atomic E-state index is 0.153. The van der Waals surface area contributed by atoms with Gasteiger partial charge in [-0.2, -0.15) is 0 Å². The van der Waals surface area contributed by atoms with E-state index in [1.807, 2.05) is 0 Å². The standard InChI is InChI=1S/C4H5NO3/c5-3-2(6)1-8-4(3)7/h3H,1,5H2. The number of hydrogen-bond acceptors (Lipinski definition) is 4. The summed E-state index contributed by atoms with van der Waals surface area (Å²) < 4.78 is 4.26. The number of Topliss-reactive ketones (excluding diaryl/α,β-unsaturated/α-hetero) is 1. The van der Waals surface area contributed by atoms with E-state index >= 15 is 0 Å². The molecular weight excluding hydrogens is 110 g/mol. The van der Waals surface area contributed by atoms with Crippen molar-refractivity contribution in [3.8, 4) is 0 Å². The van der Waals surface area contributed by atoms with Gasteiger partial charge >= 0.3 is 5.97 Å². The fraction of sp³-hybridized carbons (Fsp3) is 0.500. The summed E-state index contributed by atoms with van der Waals surface area (Å²) in [6.07, 6.45) is 0. The van der Waals surface area contributed by atoms with Crippen molar-refractivity contribution in [3.63, 3.8) is 0 Å². The van der Waals surface area contributed by atoms with E-state index in [0.717, 1.165) is 0 Å². The Hall–Kier alpha value is -0.900. The number of ether oxygens (including phenoxy) is 1. The number of hydrogen-bond donors (Lipinski definition) is 1. The molecule has 0 aliphatic carbocycles. The summed E-state index contributed by atoms with van der Waals surface area (Å²) in [4.78, 5) is 20.5. The molecule has 0 bridgehead atoms. The largest absolute Gasteiger partial charge is 0.456 e. The van der Waals surface area contributed by atoms with E-state index in [1.54, 1.807) is 0 Å². The van der Waals surface area contributed by atoms with Crippen LogP contribution in [0.3, 0.4) is 0 Å². The van der Waals surface area contributed by atoms with Crippen LogP contribution in [0.25, 0.3) is 0 Å². The van der Waals surface area contributed by atoms with Gasteiger partial charge in [0.05, 0.1) is 0 Å². The fourth-order valence-corrected chi connectivity index (χ4v) is 0.453. The number of cyclic esters (lactones) is 1. The second kappa shape index (κ2) is 1.56. The lowest BCUT2D eigenvalue weighted by molar-refractivity contribution is -0.139. The van der Waals surface area contributed by atoms with Crippen LogP contribution in [0.15, 0.2) is 0 Å². The molecule has 0 aromatic rings. The van der Waals surface area contributed by atoms with Gasteiger partial charge in [-0.05, 0) is 0 Å². The molecule has 0 aromatic heterocycles. The lowest BCUT2D eigenvalue weighted by atomic mass is 10.2. The molecule has 4 nitrogen and oxygen atoms in total. The molecule has 2 N–H and O–H groups in total. The Morgan fingerprint density at radius 2 is 2.25 bits per heavy atom. The molecule has 8 heavy (non-hydrogen) atoms. The summed E-state index contributed by atoms with van der Waals surface area (Å²) in [5, 5.41) is 0. The average molecular weight is 115 g/mol. The van der Waals surface area contributed by atoms with Crippen LogP contribution in [0.1, 0.15) is 0 Å². The Labute approximate surface area is 45.6 Å². The van der Waals surface area contributed by atoms with Crippen LogP contribution in [0.4, 0.5) is 0 Å². The SMILES string of the molecule is NC1C(=O)COC1=O. The average Bonchev–Trinajstić information content (AvgIpc) is 1.98. The summed E-state index contributed by atoms with van der Waals surface area (Å²) in [5.41, 5.74) is 5.00. The molecule has 1 aliphatic rings. The van der Waals surface area contributed by atoms with E-state index in [9.17, 15) is 9.59 Å². The third-order valence-corrected chi connectivity index (χ3v) is 0.958. The molecule has 1 rings (SSSR count). The van der Waals surface area contributed by atoms with Crippen LogP contribution in [-0.4, -0.2) is 24.4 Å². The third kappa shape index (κ3) is 0.586. The van der Waals surface area contributed by atoms with Gasteiger partial charge in [-0.15, -0.1) is 0 Å². The van der Waals surface area contributed by atoms with E-state index in [4.69, 9.17) is 5.73 Å². The molecule has 1 heterocycles. The summed E-state index contributed by atoms with van der Waals surface area (Å²) >= 11 is 0. The summed E-state index contributed by atoms with van der Waals surface area (Å²) in [7, 11) is 0. The van der Waals surface area contributed by atoms with Crippen molar-refractivity contribution in [2.24, 2.45) is 5.73 Å². The van der Waals surface area contributed by atoms with Crippen molar-refractivity contribution in [2.75, 3.05) is 6.61 Å². The Morgan fingerprint density at radius 1 is 1.62 bits per heavy atom. The van der Waals surface area contributed by atoms with E-state index in [-0.39, 0.29) is 12.4 Å². The van der Waals surface area contributed by atoms with Gasteiger partial charge < -0.3 is 10.5 Å². The molecule has 44 valence electrons.